The second-order valence-electron chi connectivity index (χ2n) is 3.90. The summed E-state index contributed by atoms with van der Waals surface area (Å²) in [4.78, 5) is 21.7. The summed E-state index contributed by atoms with van der Waals surface area (Å²) >= 11 is 5.52. The predicted octanol–water partition coefficient (Wildman–Crippen LogP) is 1.42. The Balaban J connectivity index is 1.93. The molecule has 1 aliphatic rings. The molecular weight excluding hydrogens is 226 g/mol. The smallest absolute Gasteiger partial charge is 0.237 e. The first-order valence-corrected chi connectivity index (χ1v) is 5.95. The minimum atomic E-state index is 0.0223. The van der Waals surface area contributed by atoms with Crippen LogP contribution in [0.5, 0.6) is 0 Å². The van der Waals surface area contributed by atoms with Gasteiger partial charge >= 0.3 is 0 Å². The number of carbonyl (C=O) groups is 1. The van der Waals surface area contributed by atoms with Crippen LogP contribution >= 0.6 is 11.6 Å². The topological polar surface area (TPSA) is 46.1 Å². The van der Waals surface area contributed by atoms with Gasteiger partial charge in [-0.2, -0.15) is 0 Å². The molecule has 0 N–H and O–H groups in total. The highest BCUT2D eigenvalue weighted by molar-refractivity contribution is 6.27. The van der Waals surface area contributed by atoms with Crippen LogP contribution < -0.4 is 0 Å². The van der Waals surface area contributed by atoms with Crippen LogP contribution in [0.1, 0.15) is 24.6 Å². The summed E-state index contributed by atoms with van der Waals surface area (Å²) < 4.78 is 0. The van der Waals surface area contributed by atoms with Crippen molar-refractivity contribution in [1.82, 2.24) is 14.9 Å². The van der Waals surface area contributed by atoms with E-state index in [0.717, 1.165) is 31.8 Å². The molecular formula is C11H14ClN3O. The predicted molar refractivity (Wildman–Crippen MR) is 61.3 cm³/mol. The van der Waals surface area contributed by atoms with Crippen molar-refractivity contribution in [2.24, 2.45) is 0 Å². The summed E-state index contributed by atoms with van der Waals surface area (Å²) in [5, 5.41) is 0. The normalized spacial score (nSPS) is 17.4. The van der Waals surface area contributed by atoms with Crippen LogP contribution in [0.3, 0.4) is 0 Å². The Morgan fingerprint density at radius 2 is 2.00 bits per heavy atom. The van der Waals surface area contributed by atoms with Crippen molar-refractivity contribution < 1.29 is 4.79 Å². The van der Waals surface area contributed by atoms with Crippen LogP contribution in [0.2, 0.25) is 0 Å². The lowest BCUT2D eigenvalue weighted by Gasteiger charge is -2.30. The average Bonchev–Trinajstić information content (AvgIpc) is 2.39. The van der Waals surface area contributed by atoms with Gasteiger partial charge in [-0.25, -0.2) is 9.97 Å². The van der Waals surface area contributed by atoms with Crippen LogP contribution in [0.15, 0.2) is 18.5 Å². The third-order valence-corrected chi connectivity index (χ3v) is 3.14. The van der Waals surface area contributed by atoms with E-state index in [0.29, 0.717) is 5.92 Å². The van der Waals surface area contributed by atoms with Gasteiger partial charge in [-0.3, -0.25) is 4.79 Å². The van der Waals surface area contributed by atoms with Crippen molar-refractivity contribution >= 4 is 17.5 Å². The van der Waals surface area contributed by atoms with Crippen LogP contribution in [0.25, 0.3) is 0 Å². The minimum Gasteiger partial charge on any atom is -0.342 e. The molecule has 1 amide bonds. The molecule has 0 atom stereocenters. The van der Waals surface area contributed by atoms with E-state index in [1.54, 1.807) is 12.4 Å². The van der Waals surface area contributed by atoms with Gasteiger partial charge in [-0.15, -0.1) is 11.6 Å². The first-order valence-electron chi connectivity index (χ1n) is 5.42. The van der Waals surface area contributed by atoms with E-state index in [1.807, 2.05) is 11.0 Å². The number of piperidine rings is 1. The summed E-state index contributed by atoms with van der Waals surface area (Å²) in [5.74, 6) is 1.36. The van der Waals surface area contributed by atoms with E-state index in [2.05, 4.69) is 9.97 Å². The number of carbonyl (C=O) groups excluding carboxylic acids is 1. The number of alkyl halides is 1. The molecule has 2 rings (SSSR count). The Morgan fingerprint density at radius 1 is 1.38 bits per heavy atom. The van der Waals surface area contributed by atoms with Gasteiger partial charge in [-0.1, -0.05) is 0 Å². The van der Waals surface area contributed by atoms with Gasteiger partial charge in [0.05, 0.1) is 0 Å². The number of nitrogens with zero attached hydrogens (tertiary/aromatic N) is 3. The number of likely N-dealkylation sites (tertiary alicyclic amines) is 1. The summed E-state index contributed by atoms with van der Waals surface area (Å²) in [5.41, 5.74) is 0. The van der Waals surface area contributed by atoms with Crippen molar-refractivity contribution in [2.45, 2.75) is 18.8 Å². The van der Waals surface area contributed by atoms with Crippen molar-refractivity contribution in [3.63, 3.8) is 0 Å². The van der Waals surface area contributed by atoms with Gasteiger partial charge in [0.1, 0.15) is 11.7 Å². The molecule has 0 unspecified atom stereocenters. The van der Waals surface area contributed by atoms with Gasteiger partial charge in [-0.05, 0) is 18.9 Å². The van der Waals surface area contributed by atoms with E-state index in [4.69, 9.17) is 11.6 Å². The average molecular weight is 240 g/mol. The molecule has 1 saturated heterocycles. The third-order valence-electron chi connectivity index (χ3n) is 2.91. The fourth-order valence-corrected chi connectivity index (χ4v) is 2.16. The molecule has 86 valence electrons. The fourth-order valence-electron chi connectivity index (χ4n) is 1.99. The highest BCUT2D eigenvalue weighted by atomic mass is 35.5. The Labute approximate surface area is 99.6 Å². The van der Waals surface area contributed by atoms with Gasteiger partial charge in [0.2, 0.25) is 5.91 Å². The first-order chi connectivity index (χ1) is 7.81. The molecule has 4 nitrogen and oxygen atoms in total. The lowest BCUT2D eigenvalue weighted by molar-refractivity contribution is -0.129. The molecule has 2 heterocycles. The highest BCUT2D eigenvalue weighted by Crippen LogP contribution is 2.24. The first kappa shape index (κ1) is 11.3. The zero-order chi connectivity index (χ0) is 11.4. The van der Waals surface area contributed by atoms with E-state index in [9.17, 15) is 4.79 Å². The van der Waals surface area contributed by atoms with Crippen LogP contribution in [0.4, 0.5) is 0 Å². The molecule has 0 saturated carbocycles. The molecule has 1 aromatic heterocycles. The lowest BCUT2D eigenvalue weighted by atomic mass is 9.96. The lowest BCUT2D eigenvalue weighted by Crippen LogP contribution is -2.38. The van der Waals surface area contributed by atoms with E-state index >= 15 is 0 Å². The summed E-state index contributed by atoms with van der Waals surface area (Å²) in [6, 6.07) is 1.82. The van der Waals surface area contributed by atoms with E-state index in [1.165, 1.54) is 0 Å². The van der Waals surface area contributed by atoms with Crippen LogP contribution in [-0.4, -0.2) is 39.7 Å². The maximum absolute atomic E-state index is 11.4. The molecule has 0 aromatic carbocycles. The summed E-state index contributed by atoms with van der Waals surface area (Å²) in [7, 11) is 0. The molecule has 0 aliphatic carbocycles. The Morgan fingerprint density at radius 3 is 2.56 bits per heavy atom. The number of rotatable bonds is 2. The van der Waals surface area contributed by atoms with E-state index in [-0.39, 0.29) is 11.8 Å². The largest absolute Gasteiger partial charge is 0.342 e. The van der Waals surface area contributed by atoms with Gasteiger partial charge in [0.15, 0.2) is 0 Å². The molecule has 16 heavy (non-hydrogen) atoms. The SMILES string of the molecule is O=C(CCl)N1CCC(c2ncccn2)CC1. The molecule has 5 heteroatoms. The summed E-state index contributed by atoms with van der Waals surface area (Å²) in [6.45, 7) is 1.52. The van der Waals surface area contributed by atoms with Crippen LogP contribution in [-0.2, 0) is 4.79 Å². The maximum Gasteiger partial charge on any atom is 0.237 e. The van der Waals surface area contributed by atoms with Crippen molar-refractivity contribution in [3.8, 4) is 0 Å². The Bertz CT molecular complexity index is 350. The molecule has 1 fully saturated rings. The molecule has 0 radical (unpaired) electrons. The second-order valence-corrected chi connectivity index (χ2v) is 4.16. The van der Waals surface area contributed by atoms with Crippen molar-refractivity contribution in [1.29, 1.82) is 0 Å². The molecule has 0 bridgehead atoms. The zero-order valence-electron chi connectivity index (χ0n) is 8.97. The van der Waals surface area contributed by atoms with E-state index < -0.39 is 0 Å². The third kappa shape index (κ3) is 2.50. The van der Waals surface area contributed by atoms with Crippen LogP contribution in [0, 0.1) is 0 Å². The molecule has 1 aromatic rings. The van der Waals surface area contributed by atoms with Gasteiger partial charge in [0, 0.05) is 31.4 Å². The number of amides is 1. The number of halogens is 1. The second kappa shape index (κ2) is 5.25. The molecule has 0 spiro atoms. The van der Waals surface area contributed by atoms with Gasteiger partial charge < -0.3 is 4.90 Å². The van der Waals surface area contributed by atoms with Gasteiger partial charge in [0.25, 0.3) is 0 Å². The Hall–Kier alpha value is -1.16. The molecule has 1 aliphatic heterocycles. The maximum atomic E-state index is 11.4. The highest BCUT2D eigenvalue weighted by Gasteiger charge is 2.24. The number of hydrogen-bond donors (Lipinski definition) is 0. The Kier molecular flexibility index (Phi) is 3.72. The minimum absolute atomic E-state index is 0.0223. The number of aromatic nitrogens is 2. The summed E-state index contributed by atoms with van der Waals surface area (Å²) in [6.07, 6.45) is 5.37. The standard InChI is InChI=1S/C11H14ClN3O/c12-8-10(16)15-6-2-9(3-7-15)11-13-4-1-5-14-11/h1,4-5,9H,2-3,6-8H2. The quantitative estimate of drug-likeness (QED) is 0.734. The number of hydrogen-bond acceptors (Lipinski definition) is 3. The zero-order valence-corrected chi connectivity index (χ0v) is 9.73. The fraction of sp³-hybridized carbons (Fsp3) is 0.545. The van der Waals surface area contributed by atoms with Crippen molar-refractivity contribution in [2.75, 3.05) is 19.0 Å². The monoisotopic (exact) mass is 239 g/mol. The van der Waals surface area contributed by atoms with Crippen molar-refractivity contribution in [3.05, 3.63) is 24.3 Å².